The lowest BCUT2D eigenvalue weighted by Crippen LogP contribution is -2.22. The minimum absolute atomic E-state index is 0.129. The first-order valence-corrected chi connectivity index (χ1v) is 5.85. The van der Waals surface area contributed by atoms with E-state index in [0.29, 0.717) is 7.91 Å². The normalized spacial score (nSPS) is 10.2. The Balaban J connectivity index is 2.50. The number of carbonyl (C=O) groups excluding carboxylic acids is 1. The molecule has 0 saturated carbocycles. The second-order valence-corrected chi connectivity index (χ2v) is 5.25. The van der Waals surface area contributed by atoms with E-state index in [9.17, 15) is 9.90 Å². The van der Waals surface area contributed by atoms with Crippen molar-refractivity contribution in [2.75, 3.05) is 0 Å². The van der Waals surface area contributed by atoms with Crippen LogP contribution in [0.3, 0.4) is 0 Å². The summed E-state index contributed by atoms with van der Waals surface area (Å²) in [5.74, 6) is -1.20. The second kappa shape index (κ2) is 4.28. The topological polar surface area (TPSA) is 60.8 Å². The number of rotatable bonds is 2. The molecule has 1 heterocycles. The molecule has 0 fully saturated rings. The highest BCUT2D eigenvalue weighted by atomic mass is 32.2. The van der Waals surface area contributed by atoms with Crippen LogP contribution in [0.1, 0.15) is 10.4 Å². The first kappa shape index (κ1) is 11.2. The number of aromatic amines is 1. The van der Waals surface area contributed by atoms with Crippen LogP contribution in [0.15, 0.2) is 24.3 Å². The molecule has 1 aromatic heterocycles. The second-order valence-electron chi connectivity index (χ2n) is 2.94. The fraction of sp³-hybridized carbons (Fsp3) is 0. The minimum Gasteiger partial charge on any atom is -0.545 e. The summed E-state index contributed by atoms with van der Waals surface area (Å²) in [5, 5.41) is 13.5. The summed E-state index contributed by atoms with van der Waals surface area (Å²) in [4.78, 5) is 10.6. The van der Waals surface area contributed by atoms with Gasteiger partial charge in [-0.1, -0.05) is 23.5 Å². The number of H-pyrrole nitrogens is 1. The maximum atomic E-state index is 10.6. The summed E-state index contributed by atoms with van der Waals surface area (Å²) in [7, 11) is 0. The molecule has 0 aliphatic carbocycles. The number of aromatic carboxylic acids is 1. The zero-order valence-corrected chi connectivity index (χ0v) is 10.2. The molecule has 0 atom stereocenters. The Labute approximate surface area is 105 Å². The highest BCUT2D eigenvalue weighted by molar-refractivity contribution is 7.75. The molecule has 0 aliphatic rings. The van der Waals surface area contributed by atoms with Crippen molar-refractivity contribution in [3.63, 3.8) is 0 Å². The van der Waals surface area contributed by atoms with Gasteiger partial charge in [-0.3, -0.25) is 5.10 Å². The molecule has 16 heavy (non-hydrogen) atoms. The zero-order chi connectivity index (χ0) is 11.7. The van der Waals surface area contributed by atoms with Gasteiger partial charge < -0.3 is 9.90 Å². The van der Waals surface area contributed by atoms with E-state index in [1.807, 2.05) is 0 Å². The summed E-state index contributed by atoms with van der Waals surface area (Å²) in [6.45, 7) is 0. The van der Waals surface area contributed by atoms with Gasteiger partial charge in [-0.15, -0.1) is 0 Å². The minimum atomic E-state index is -1.20. The number of carboxylic acids is 1. The van der Waals surface area contributed by atoms with Gasteiger partial charge in [-0.25, -0.2) is 4.68 Å². The lowest BCUT2D eigenvalue weighted by Gasteiger charge is -2.04. The number of carbonyl (C=O) groups is 1. The van der Waals surface area contributed by atoms with Crippen molar-refractivity contribution >= 4 is 41.7 Å². The van der Waals surface area contributed by atoms with Gasteiger partial charge in [0.25, 0.3) is 0 Å². The van der Waals surface area contributed by atoms with Crippen molar-refractivity contribution < 1.29 is 9.90 Å². The summed E-state index contributed by atoms with van der Waals surface area (Å²) in [5.41, 5.74) is 0.867. The van der Waals surface area contributed by atoms with Gasteiger partial charge in [0.1, 0.15) is 0 Å². The van der Waals surface area contributed by atoms with Crippen LogP contribution in [0.2, 0.25) is 0 Å². The number of hydrogen-bond donors (Lipinski definition) is 1. The molecule has 0 unspecified atom stereocenters. The van der Waals surface area contributed by atoms with E-state index >= 15 is 0 Å². The standard InChI is InChI=1S/C9H6N2O2S3/c12-7(13)5-1-3-6(4-2-5)11-9(15)16-8(14)10-11/h1-4H,(H,10,14)(H,12,13)/p-1. The Bertz CT molecular complexity index is 636. The largest absolute Gasteiger partial charge is 0.545 e. The SMILES string of the molecule is O=C([O-])c1ccc(-n2[nH]c(=S)sc2=S)cc1. The van der Waals surface area contributed by atoms with E-state index in [1.165, 1.54) is 23.5 Å². The van der Waals surface area contributed by atoms with E-state index in [2.05, 4.69) is 5.10 Å². The van der Waals surface area contributed by atoms with Gasteiger partial charge in [0.05, 0.1) is 11.7 Å². The van der Waals surface area contributed by atoms with Crippen LogP contribution < -0.4 is 5.11 Å². The number of hydrogen-bond acceptors (Lipinski definition) is 5. The van der Waals surface area contributed by atoms with Crippen LogP contribution in [0.5, 0.6) is 0 Å². The van der Waals surface area contributed by atoms with Crippen LogP contribution >= 0.6 is 35.8 Å². The van der Waals surface area contributed by atoms with Gasteiger partial charge in [0.15, 0.2) is 7.91 Å². The van der Waals surface area contributed by atoms with Gasteiger partial charge in [0, 0.05) is 0 Å². The van der Waals surface area contributed by atoms with Gasteiger partial charge >= 0.3 is 0 Å². The van der Waals surface area contributed by atoms with Gasteiger partial charge in [-0.05, 0) is 42.1 Å². The number of nitrogens with zero attached hydrogens (tertiary/aromatic N) is 1. The molecule has 1 aromatic carbocycles. The predicted molar refractivity (Wildman–Crippen MR) is 64.0 cm³/mol. The maximum absolute atomic E-state index is 10.6. The van der Waals surface area contributed by atoms with Crippen molar-refractivity contribution in [3.8, 4) is 5.69 Å². The molecule has 82 valence electrons. The van der Waals surface area contributed by atoms with Crippen molar-refractivity contribution in [2.45, 2.75) is 0 Å². The highest BCUT2D eigenvalue weighted by Crippen LogP contribution is 2.12. The molecule has 1 N–H and O–H groups in total. The Hall–Kier alpha value is -1.31. The first-order chi connectivity index (χ1) is 7.58. The first-order valence-electron chi connectivity index (χ1n) is 4.22. The third-order valence-corrected chi connectivity index (χ3v) is 3.33. The number of carboxylic acid groups (broad SMARTS) is 1. The summed E-state index contributed by atoms with van der Waals surface area (Å²) >= 11 is 11.3. The summed E-state index contributed by atoms with van der Waals surface area (Å²) in [6.07, 6.45) is 0. The van der Waals surface area contributed by atoms with E-state index in [4.69, 9.17) is 24.4 Å². The third-order valence-electron chi connectivity index (χ3n) is 1.93. The van der Waals surface area contributed by atoms with Crippen LogP contribution in [-0.4, -0.2) is 15.7 Å². The molecular weight excluding hydrogens is 264 g/mol. The van der Waals surface area contributed by atoms with Gasteiger partial charge in [-0.2, -0.15) is 0 Å². The quantitative estimate of drug-likeness (QED) is 0.843. The summed E-state index contributed by atoms with van der Waals surface area (Å²) < 4.78 is 2.79. The Morgan fingerprint density at radius 1 is 1.31 bits per heavy atom. The molecule has 0 aliphatic heterocycles. The van der Waals surface area contributed by atoms with Gasteiger partial charge in [0.2, 0.25) is 0 Å². The molecule has 7 heteroatoms. The molecule has 0 bridgehead atoms. The fourth-order valence-electron chi connectivity index (χ4n) is 1.20. The maximum Gasteiger partial charge on any atom is 0.183 e. The van der Waals surface area contributed by atoms with Crippen LogP contribution in [0.25, 0.3) is 5.69 Å². The van der Waals surface area contributed by atoms with E-state index in [1.54, 1.807) is 16.8 Å². The van der Waals surface area contributed by atoms with Crippen molar-refractivity contribution in [1.29, 1.82) is 0 Å². The van der Waals surface area contributed by atoms with Crippen LogP contribution in [0, 0.1) is 7.91 Å². The number of aromatic nitrogens is 2. The lowest BCUT2D eigenvalue weighted by atomic mass is 10.2. The van der Waals surface area contributed by atoms with E-state index in [-0.39, 0.29) is 5.56 Å². The highest BCUT2D eigenvalue weighted by Gasteiger charge is 2.00. The monoisotopic (exact) mass is 269 g/mol. The fourth-order valence-corrected chi connectivity index (χ4v) is 2.63. The summed E-state index contributed by atoms with van der Waals surface area (Å²) in [6, 6.07) is 6.19. The van der Waals surface area contributed by atoms with E-state index < -0.39 is 5.97 Å². The van der Waals surface area contributed by atoms with Crippen LogP contribution in [-0.2, 0) is 0 Å². The molecule has 4 nitrogen and oxygen atoms in total. The Morgan fingerprint density at radius 3 is 2.38 bits per heavy atom. The molecule has 0 radical (unpaired) electrons. The smallest absolute Gasteiger partial charge is 0.183 e. The van der Waals surface area contributed by atoms with Crippen molar-refractivity contribution in [3.05, 3.63) is 37.7 Å². The molecule has 2 aromatic rings. The third kappa shape index (κ3) is 2.11. The lowest BCUT2D eigenvalue weighted by molar-refractivity contribution is -0.255. The van der Waals surface area contributed by atoms with Crippen LogP contribution in [0.4, 0.5) is 0 Å². The number of benzene rings is 1. The molecule has 2 rings (SSSR count). The zero-order valence-electron chi connectivity index (χ0n) is 7.80. The average Bonchev–Trinajstić information content (AvgIpc) is 2.58. The molecule has 0 amide bonds. The number of nitrogens with one attached hydrogen (secondary N) is 1. The average molecular weight is 269 g/mol. The van der Waals surface area contributed by atoms with E-state index in [0.717, 1.165) is 5.69 Å². The predicted octanol–water partition coefficient (Wildman–Crippen LogP) is 1.69. The van der Waals surface area contributed by atoms with Crippen molar-refractivity contribution in [1.82, 2.24) is 9.78 Å². The Morgan fingerprint density at radius 2 is 1.94 bits per heavy atom. The molecule has 0 saturated heterocycles. The molecule has 0 spiro atoms. The Kier molecular flexibility index (Phi) is 2.99. The van der Waals surface area contributed by atoms with Crippen molar-refractivity contribution in [2.24, 2.45) is 0 Å². The molecular formula is C9H5N2O2S3-.